The van der Waals surface area contributed by atoms with Gasteiger partial charge in [0.05, 0.1) is 12.2 Å². The van der Waals surface area contributed by atoms with Crippen LogP contribution in [-0.2, 0) is 0 Å². The summed E-state index contributed by atoms with van der Waals surface area (Å²) >= 11 is 0. The zero-order chi connectivity index (χ0) is 20.8. The van der Waals surface area contributed by atoms with Gasteiger partial charge >= 0.3 is 0 Å². The number of piperidine rings is 2. The highest BCUT2D eigenvalue weighted by Crippen LogP contribution is 2.64. The lowest BCUT2D eigenvalue weighted by Gasteiger charge is -2.55. The summed E-state index contributed by atoms with van der Waals surface area (Å²) in [6, 6.07) is 0.837. The molecule has 3 nitrogen and oxygen atoms in total. The summed E-state index contributed by atoms with van der Waals surface area (Å²) < 4.78 is 0. The van der Waals surface area contributed by atoms with E-state index < -0.39 is 0 Å². The first kappa shape index (κ1) is 20.2. The maximum Gasteiger partial charge on any atom is 0.0626 e. The first-order valence-electron chi connectivity index (χ1n) is 13.2. The summed E-state index contributed by atoms with van der Waals surface area (Å²) in [6.45, 7) is 10.1. The largest absolute Gasteiger partial charge is 0.393 e. The molecule has 6 rings (SSSR count). The Morgan fingerprint density at radius 1 is 0.867 bits per heavy atom. The molecule has 6 aliphatic rings. The van der Waals surface area contributed by atoms with Gasteiger partial charge in [-0.25, -0.2) is 0 Å². The normalized spacial score (nSPS) is 55.9. The average Bonchev–Trinajstić information content (AvgIpc) is 3.09. The van der Waals surface area contributed by atoms with Crippen molar-refractivity contribution in [3.8, 4) is 0 Å². The Hall–Kier alpha value is -0.380. The predicted octanol–water partition coefficient (Wildman–Crippen LogP) is 4.63. The van der Waals surface area contributed by atoms with Crippen LogP contribution >= 0.6 is 0 Å². The highest BCUT2D eigenvalue weighted by molar-refractivity contribution is 5.34. The molecule has 11 unspecified atom stereocenters. The molecule has 30 heavy (non-hydrogen) atoms. The van der Waals surface area contributed by atoms with E-state index in [1.54, 1.807) is 5.57 Å². The molecule has 0 aromatic heterocycles. The zero-order valence-corrected chi connectivity index (χ0v) is 19.4. The first-order valence-corrected chi connectivity index (χ1v) is 13.2. The minimum atomic E-state index is -0.333. The summed E-state index contributed by atoms with van der Waals surface area (Å²) in [7, 11) is 0. The van der Waals surface area contributed by atoms with Crippen molar-refractivity contribution in [1.29, 1.82) is 0 Å². The molecule has 2 N–H and O–H groups in total. The summed E-state index contributed by atoms with van der Waals surface area (Å²) in [5.74, 6) is 5.32. The number of aliphatic hydroxyl groups is 2. The van der Waals surface area contributed by atoms with Gasteiger partial charge in [0.25, 0.3) is 0 Å². The zero-order valence-electron chi connectivity index (χ0n) is 19.4. The van der Waals surface area contributed by atoms with Crippen molar-refractivity contribution in [2.24, 2.45) is 46.8 Å². The lowest BCUT2D eigenvalue weighted by atomic mass is 9.52. The van der Waals surface area contributed by atoms with Crippen LogP contribution in [0, 0.1) is 46.8 Å². The Morgan fingerprint density at radius 2 is 1.67 bits per heavy atom. The summed E-state index contributed by atoms with van der Waals surface area (Å²) in [4.78, 5) is 2.89. The summed E-state index contributed by atoms with van der Waals surface area (Å²) in [5.41, 5.74) is 3.61. The highest BCUT2D eigenvalue weighted by Gasteiger charge is 2.59. The Balaban J connectivity index is 1.31. The van der Waals surface area contributed by atoms with Crippen molar-refractivity contribution in [2.75, 3.05) is 13.1 Å². The van der Waals surface area contributed by atoms with Crippen LogP contribution in [0.1, 0.15) is 78.6 Å². The third-order valence-corrected chi connectivity index (χ3v) is 11.4. The molecule has 4 aliphatic carbocycles. The van der Waals surface area contributed by atoms with E-state index in [1.807, 2.05) is 5.57 Å². The van der Waals surface area contributed by atoms with Gasteiger partial charge in [-0.15, -0.1) is 0 Å². The van der Waals surface area contributed by atoms with E-state index in [2.05, 4.69) is 25.7 Å². The van der Waals surface area contributed by atoms with Crippen LogP contribution in [0.2, 0.25) is 0 Å². The second-order valence-electron chi connectivity index (χ2n) is 12.6. The molecular weight excluding hydrogens is 370 g/mol. The monoisotopic (exact) mass is 413 g/mol. The molecule has 5 fully saturated rings. The Morgan fingerprint density at radius 3 is 2.50 bits per heavy atom. The molecule has 2 heterocycles. The molecular formula is C27H43NO2. The molecule has 0 amide bonds. The van der Waals surface area contributed by atoms with E-state index in [-0.39, 0.29) is 17.6 Å². The van der Waals surface area contributed by atoms with E-state index in [0.717, 1.165) is 42.1 Å². The molecule has 2 saturated heterocycles. The number of aliphatic hydroxyl groups excluding tert-OH is 2. The fraction of sp³-hybridized carbons (Fsp3) is 0.926. The Kier molecular flexibility index (Phi) is 4.76. The number of hydrogen-bond donors (Lipinski definition) is 2. The molecule has 0 spiro atoms. The van der Waals surface area contributed by atoms with E-state index in [4.69, 9.17) is 0 Å². The van der Waals surface area contributed by atoms with Crippen molar-refractivity contribution >= 4 is 0 Å². The van der Waals surface area contributed by atoms with Crippen molar-refractivity contribution in [2.45, 2.75) is 96.8 Å². The molecule has 2 aliphatic heterocycles. The van der Waals surface area contributed by atoms with E-state index in [9.17, 15) is 10.2 Å². The van der Waals surface area contributed by atoms with E-state index in [0.29, 0.717) is 18.3 Å². The maximum absolute atomic E-state index is 11.2. The summed E-state index contributed by atoms with van der Waals surface area (Å²) in [5, 5.41) is 21.5. The van der Waals surface area contributed by atoms with Crippen LogP contribution in [0.4, 0.5) is 0 Å². The molecule has 0 radical (unpaired) electrons. The maximum atomic E-state index is 11.2. The van der Waals surface area contributed by atoms with Gasteiger partial charge in [0.1, 0.15) is 0 Å². The van der Waals surface area contributed by atoms with Gasteiger partial charge in [0, 0.05) is 24.5 Å². The molecule has 0 bridgehead atoms. The fourth-order valence-corrected chi connectivity index (χ4v) is 9.86. The molecule has 11 atom stereocenters. The van der Waals surface area contributed by atoms with Crippen LogP contribution in [0.5, 0.6) is 0 Å². The van der Waals surface area contributed by atoms with Gasteiger partial charge in [-0.3, -0.25) is 4.90 Å². The average molecular weight is 414 g/mol. The standard InChI is InChI=1S/C27H43NO2/c1-15-4-9-25-16(2)19-7-8-20-21-6-5-17-10-18(29)11-26(30)27(17,3)24(21)12-22(20)23(19)14-28(25)13-15/h15-19,22-26,29-30H,4-14H2,1-3H3. The van der Waals surface area contributed by atoms with Gasteiger partial charge in [-0.1, -0.05) is 31.9 Å². The Labute approximate surface area is 183 Å². The van der Waals surface area contributed by atoms with E-state index >= 15 is 0 Å². The van der Waals surface area contributed by atoms with Gasteiger partial charge < -0.3 is 10.2 Å². The van der Waals surface area contributed by atoms with Crippen LogP contribution in [0.15, 0.2) is 11.1 Å². The fourth-order valence-electron chi connectivity index (χ4n) is 9.86. The van der Waals surface area contributed by atoms with Gasteiger partial charge in [-0.05, 0) is 99.2 Å². The van der Waals surface area contributed by atoms with Crippen molar-refractivity contribution in [3.63, 3.8) is 0 Å². The third kappa shape index (κ3) is 2.73. The molecule has 3 heteroatoms. The van der Waals surface area contributed by atoms with Crippen molar-refractivity contribution < 1.29 is 10.2 Å². The smallest absolute Gasteiger partial charge is 0.0626 e. The molecule has 0 aromatic carbocycles. The first-order chi connectivity index (χ1) is 14.4. The van der Waals surface area contributed by atoms with Crippen LogP contribution < -0.4 is 0 Å². The van der Waals surface area contributed by atoms with Crippen molar-refractivity contribution in [3.05, 3.63) is 11.1 Å². The van der Waals surface area contributed by atoms with Gasteiger partial charge in [0.2, 0.25) is 0 Å². The number of allylic oxidation sites excluding steroid dienone is 2. The van der Waals surface area contributed by atoms with Crippen molar-refractivity contribution in [1.82, 2.24) is 4.90 Å². The SMILES string of the molecule is CC1CCC2C(C)C3CCC4=C5CCC6CC(O)CC(O)C6(C)C5CC4C3CN2C1. The second kappa shape index (κ2) is 7.06. The number of fused-ring (bicyclic) bond motifs is 7. The second-order valence-corrected chi connectivity index (χ2v) is 12.6. The minimum absolute atomic E-state index is 0.00485. The quantitative estimate of drug-likeness (QED) is 0.569. The van der Waals surface area contributed by atoms with Gasteiger partial charge in [0.15, 0.2) is 0 Å². The highest BCUT2D eigenvalue weighted by atomic mass is 16.3. The molecule has 0 aromatic rings. The number of hydrogen-bond acceptors (Lipinski definition) is 3. The van der Waals surface area contributed by atoms with Crippen LogP contribution in [0.25, 0.3) is 0 Å². The van der Waals surface area contributed by atoms with Gasteiger partial charge in [-0.2, -0.15) is 0 Å². The number of rotatable bonds is 0. The lowest BCUT2D eigenvalue weighted by Crippen LogP contribution is -2.58. The van der Waals surface area contributed by atoms with Crippen LogP contribution in [-0.4, -0.2) is 46.5 Å². The summed E-state index contributed by atoms with van der Waals surface area (Å²) in [6.07, 6.45) is 10.2. The molecule has 3 saturated carbocycles. The third-order valence-electron chi connectivity index (χ3n) is 11.4. The Bertz CT molecular complexity index is 730. The lowest BCUT2D eigenvalue weighted by molar-refractivity contribution is -0.124. The predicted molar refractivity (Wildman–Crippen MR) is 120 cm³/mol. The molecule has 168 valence electrons. The minimum Gasteiger partial charge on any atom is -0.393 e. The topological polar surface area (TPSA) is 43.7 Å². The number of nitrogens with zero attached hydrogens (tertiary/aromatic N) is 1. The van der Waals surface area contributed by atoms with Crippen LogP contribution in [0.3, 0.4) is 0 Å². The van der Waals surface area contributed by atoms with E-state index in [1.165, 1.54) is 58.0 Å².